The van der Waals surface area contributed by atoms with Gasteiger partial charge < -0.3 is 9.32 Å². The maximum atomic E-state index is 13.5. The van der Waals surface area contributed by atoms with E-state index in [4.69, 9.17) is 10.3 Å². The van der Waals surface area contributed by atoms with E-state index in [0.29, 0.717) is 5.76 Å². The molecule has 0 bridgehead atoms. The quantitative estimate of drug-likeness (QED) is 0.630. The van der Waals surface area contributed by atoms with E-state index in [1.165, 1.54) is 6.07 Å². The fraction of sp³-hybridized carbons (Fsp3) is 0.385. The van der Waals surface area contributed by atoms with Crippen molar-refractivity contribution in [3.8, 4) is 0 Å². The Bertz CT molecular complexity index is 524. The molecule has 0 saturated carbocycles. The highest BCUT2D eigenvalue weighted by Gasteiger charge is 2.16. The van der Waals surface area contributed by atoms with Crippen molar-refractivity contribution in [1.29, 1.82) is 0 Å². The molecule has 2 aromatic rings. The van der Waals surface area contributed by atoms with Crippen LogP contribution in [0.15, 0.2) is 28.7 Å². The summed E-state index contributed by atoms with van der Waals surface area (Å²) in [5, 5.41) is 0.759. The van der Waals surface area contributed by atoms with Crippen LogP contribution in [0.25, 0.3) is 11.0 Å². The fourth-order valence-corrected chi connectivity index (χ4v) is 1.91. The highest BCUT2D eigenvalue weighted by molar-refractivity contribution is 5.78. The summed E-state index contributed by atoms with van der Waals surface area (Å²) < 4.78 is 19.1. The van der Waals surface area contributed by atoms with Crippen LogP contribution in [0.4, 0.5) is 4.39 Å². The molecule has 1 atom stereocenters. The molecule has 0 aliphatic heterocycles. The summed E-state index contributed by atoms with van der Waals surface area (Å²) in [6, 6.07) is 6.60. The Hall–Kier alpha value is -1.43. The third-order valence-corrected chi connectivity index (χ3v) is 2.92. The van der Waals surface area contributed by atoms with Crippen LogP contribution < -0.4 is 11.3 Å². The summed E-state index contributed by atoms with van der Waals surface area (Å²) in [6.45, 7) is 0.869. The fourth-order valence-electron chi connectivity index (χ4n) is 1.91. The Morgan fingerprint density at radius 2 is 2.22 bits per heavy atom. The van der Waals surface area contributed by atoms with E-state index < -0.39 is 0 Å². The lowest BCUT2D eigenvalue weighted by Crippen LogP contribution is -2.30. The zero-order chi connectivity index (χ0) is 13.1. The monoisotopic (exact) mass is 251 g/mol. The van der Waals surface area contributed by atoms with Crippen LogP contribution in [0.3, 0.4) is 0 Å². The van der Waals surface area contributed by atoms with Gasteiger partial charge in [-0.1, -0.05) is 12.1 Å². The van der Waals surface area contributed by atoms with Gasteiger partial charge in [0.15, 0.2) is 11.4 Å². The van der Waals surface area contributed by atoms with E-state index in [2.05, 4.69) is 10.3 Å². The molecular weight excluding hydrogens is 233 g/mol. The maximum Gasteiger partial charge on any atom is 0.169 e. The smallest absolute Gasteiger partial charge is 0.169 e. The molecule has 1 heterocycles. The minimum Gasteiger partial charge on any atom is -0.456 e. The van der Waals surface area contributed by atoms with Gasteiger partial charge in [-0.15, -0.1) is 0 Å². The lowest BCUT2D eigenvalue weighted by Gasteiger charge is -2.16. The Kier molecular flexibility index (Phi) is 3.96. The third-order valence-electron chi connectivity index (χ3n) is 2.92. The van der Waals surface area contributed by atoms with Crippen molar-refractivity contribution in [2.75, 3.05) is 20.6 Å². The molecule has 0 spiro atoms. The van der Waals surface area contributed by atoms with Crippen LogP contribution in [0, 0.1) is 5.82 Å². The van der Waals surface area contributed by atoms with Gasteiger partial charge in [0.25, 0.3) is 0 Å². The van der Waals surface area contributed by atoms with Crippen molar-refractivity contribution < 1.29 is 8.81 Å². The maximum absolute atomic E-state index is 13.5. The first kappa shape index (κ1) is 13.0. The summed E-state index contributed by atoms with van der Waals surface area (Å²) in [4.78, 5) is 2.06. The lowest BCUT2D eigenvalue weighted by atomic mass is 10.1. The van der Waals surface area contributed by atoms with Crippen molar-refractivity contribution in [2.45, 2.75) is 12.5 Å². The van der Waals surface area contributed by atoms with Crippen LogP contribution in [0.1, 0.15) is 18.2 Å². The van der Waals surface area contributed by atoms with E-state index in [1.54, 1.807) is 6.07 Å². The van der Waals surface area contributed by atoms with Crippen LogP contribution in [0.5, 0.6) is 0 Å². The molecule has 0 radical (unpaired) electrons. The van der Waals surface area contributed by atoms with E-state index in [9.17, 15) is 4.39 Å². The van der Waals surface area contributed by atoms with E-state index >= 15 is 0 Å². The number of nitrogens with one attached hydrogen (secondary N) is 1. The SMILES string of the molecule is CN(C)CCC(NN)c1cc2cccc(F)c2o1. The Morgan fingerprint density at radius 3 is 2.83 bits per heavy atom. The van der Waals surface area contributed by atoms with Gasteiger partial charge in [-0.2, -0.15) is 0 Å². The number of halogens is 1. The number of hydrogen-bond acceptors (Lipinski definition) is 4. The van der Waals surface area contributed by atoms with Crippen LogP contribution in [0.2, 0.25) is 0 Å². The molecule has 3 N–H and O–H groups in total. The second-order valence-electron chi connectivity index (χ2n) is 4.62. The molecule has 0 fully saturated rings. The largest absolute Gasteiger partial charge is 0.456 e. The van der Waals surface area contributed by atoms with Gasteiger partial charge in [0.05, 0.1) is 6.04 Å². The van der Waals surface area contributed by atoms with Crippen molar-refractivity contribution in [3.63, 3.8) is 0 Å². The Morgan fingerprint density at radius 1 is 1.44 bits per heavy atom. The molecule has 18 heavy (non-hydrogen) atoms. The molecule has 1 unspecified atom stereocenters. The standard InChI is InChI=1S/C13H18FN3O/c1-17(2)7-6-11(16-15)12-8-9-4-3-5-10(14)13(9)18-12/h3-5,8,11,16H,6-7,15H2,1-2H3. The van der Waals surface area contributed by atoms with E-state index in [1.807, 2.05) is 26.2 Å². The van der Waals surface area contributed by atoms with Gasteiger partial charge in [-0.3, -0.25) is 5.84 Å². The molecule has 1 aromatic heterocycles. The molecule has 98 valence electrons. The van der Waals surface area contributed by atoms with E-state index in [-0.39, 0.29) is 17.4 Å². The molecule has 0 amide bonds. The van der Waals surface area contributed by atoms with Crippen LogP contribution >= 0.6 is 0 Å². The topological polar surface area (TPSA) is 54.4 Å². The Labute approximate surface area is 106 Å². The first-order chi connectivity index (χ1) is 8.61. The minimum atomic E-state index is -0.345. The number of hydrogen-bond donors (Lipinski definition) is 2. The molecule has 0 aliphatic carbocycles. The zero-order valence-electron chi connectivity index (χ0n) is 10.6. The molecular formula is C13H18FN3O. The highest BCUT2D eigenvalue weighted by Crippen LogP contribution is 2.27. The molecule has 0 aliphatic rings. The number of nitrogens with two attached hydrogens (primary N) is 1. The number of rotatable bonds is 5. The summed E-state index contributed by atoms with van der Waals surface area (Å²) >= 11 is 0. The van der Waals surface area contributed by atoms with Crippen molar-refractivity contribution in [2.24, 2.45) is 5.84 Å². The van der Waals surface area contributed by atoms with Gasteiger partial charge in [0.2, 0.25) is 0 Å². The summed E-state index contributed by atoms with van der Waals surface area (Å²) in [5.41, 5.74) is 3.00. The van der Waals surface area contributed by atoms with Gasteiger partial charge in [0, 0.05) is 5.39 Å². The number of fused-ring (bicyclic) bond motifs is 1. The predicted molar refractivity (Wildman–Crippen MR) is 69.4 cm³/mol. The second-order valence-corrected chi connectivity index (χ2v) is 4.62. The second kappa shape index (κ2) is 5.48. The minimum absolute atomic E-state index is 0.112. The number of nitrogens with zero attached hydrogens (tertiary/aromatic N) is 1. The number of benzene rings is 1. The molecule has 5 heteroatoms. The first-order valence-corrected chi connectivity index (χ1v) is 5.90. The van der Waals surface area contributed by atoms with Crippen LogP contribution in [-0.4, -0.2) is 25.5 Å². The van der Waals surface area contributed by atoms with E-state index in [0.717, 1.165) is 18.4 Å². The van der Waals surface area contributed by atoms with Crippen molar-refractivity contribution in [1.82, 2.24) is 10.3 Å². The van der Waals surface area contributed by atoms with Crippen molar-refractivity contribution >= 4 is 11.0 Å². The van der Waals surface area contributed by atoms with Crippen molar-refractivity contribution in [3.05, 3.63) is 35.8 Å². The number of furan rings is 1. The molecule has 1 aromatic carbocycles. The Balaban J connectivity index is 2.25. The average Bonchev–Trinajstić information content (AvgIpc) is 2.75. The number of hydrazine groups is 1. The number of para-hydroxylation sites is 1. The van der Waals surface area contributed by atoms with Gasteiger partial charge >= 0.3 is 0 Å². The highest BCUT2D eigenvalue weighted by atomic mass is 19.1. The van der Waals surface area contributed by atoms with Gasteiger partial charge in [-0.05, 0) is 39.2 Å². The predicted octanol–water partition coefficient (Wildman–Crippen LogP) is 2.03. The van der Waals surface area contributed by atoms with Gasteiger partial charge in [-0.25, -0.2) is 9.82 Å². The molecule has 4 nitrogen and oxygen atoms in total. The first-order valence-electron chi connectivity index (χ1n) is 5.90. The lowest BCUT2D eigenvalue weighted by molar-refractivity contribution is 0.338. The third kappa shape index (κ3) is 2.69. The normalized spacial score (nSPS) is 13.4. The zero-order valence-corrected chi connectivity index (χ0v) is 10.6. The summed E-state index contributed by atoms with van der Waals surface area (Å²) in [5.74, 6) is 5.85. The molecule has 0 saturated heterocycles. The van der Waals surface area contributed by atoms with Gasteiger partial charge in [0.1, 0.15) is 5.76 Å². The van der Waals surface area contributed by atoms with Crippen LogP contribution in [-0.2, 0) is 0 Å². The molecule has 2 rings (SSSR count). The summed E-state index contributed by atoms with van der Waals surface area (Å²) in [6.07, 6.45) is 0.797. The summed E-state index contributed by atoms with van der Waals surface area (Å²) in [7, 11) is 3.98. The average molecular weight is 251 g/mol.